The molecule has 1 spiro atoms. The first-order chi connectivity index (χ1) is 11.6. The highest BCUT2D eigenvalue weighted by molar-refractivity contribution is 7.80. The first kappa shape index (κ1) is 17.6. The van der Waals surface area contributed by atoms with Gasteiger partial charge in [0, 0.05) is 30.8 Å². The minimum atomic E-state index is -0.415. The second-order valence-corrected chi connectivity index (χ2v) is 7.35. The van der Waals surface area contributed by atoms with Gasteiger partial charge in [0.1, 0.15) is 5.00 Å². The summed E-state index contributed by atoms with van der Waals surface area (Å²) in [5.74, 6) is -0.761. The highest BCUT2D eigenvalue weighted by Crippen LogP contribution is 2.33. The Bertz CT molecular complexity index is 616. The number of esters is 1. The van der Waals surface area contributed by atoms with Crippen LogP contribution >= 0.6 is 23.6 Å². The summed E-state index contributed by atoms with van der Waals surface area (Å²) < 4.78 is 16.3. The lowest BCUT2D eigenvalue weighted by Gasteiger charge is -2.38. The van der Waals surface area contributed by atoms with Crippen molar-refractivity contribution in [2.45, 2.75) is 32.0 Å². The van der Waals surface area contributed by atoms with Gasteiger partial charge < -0.3 is 24.4 Å². The van der Waals surface area contributed by atoms with Crippen LogP contribution in [0.25, 0.3) is 0 Å². The molecular weight excluding hydrogens is 348 g/mol. The number of hydrogen-bond donors (Lipinski definition) is 1. The van der Waals surface area contributed by atoms with Crippen molar-refractivity contribution in [2.24, 2.45) is 0 Å². The number of nitrogens with zero attached hydrogens (tertiary/aromatic N) is 1. The second kappa shape index (κ2) is 7.35. The van der Waals surface area contributed by atoms with E-state index in [-0.39, 0.29) is 5.97 Å². The van der Waals surface area contributed by atoms with E-state index < -0.39 is 5.79 Å². The van der Waals surface area contributed by atoms with Crippen molar-refractivity contribution >= 4 is 39.6 Å². The van der Waals surface area contributed by atoms with E-state index in [0.29, 0.717) is 23.9 Å². The molecular formula is C16H22N2O4S2. The van der Waals surface area contributed by atoms with Gasteiger partial charge in [-0.3, -0.25) is 0 Å². The average molecular weight is 370 g/mol. The fraction of sp³-hybridized carbons (Fsp3) is 0.625. The van der Waals surface area contributed by atoms with Crippen LogP contribution in [0.15, 0.2) is 6.07 Å². The van der Waals surface area contributed by atoms with Crippen LogP contribution < -0.4 is 5.32 Å². The molecule has 0 bridgehead atoms. The Hall–Kier alpha value is -1.22. The SMILES string of the molecule is CCc1cc(C(=O)OC)c(NC(=S)N2CCC3(CC2)OCCO3)s1. The third kappa shape index (κ3) is 3.56. The van der Waals surface area contributed by atoms with Crippen LogP contribution in [0, 0.1) is 0 Å². The first-order valence-electron chi connectivity index (χ1n) is 8.12. The number of carbonyl (C=O) groups excluding carboxylic acids is 1. The molecule has 0 saturated carbocycles. The van der Waals surface area contributed by atoms with Gasteiger partial charge in [-0.1, -0.05) is 6.92 Å². The van der Waals surface area contributed by atoms with Crippen molar-refractivity contribution in [3.8, 4) is 0 Å². The van der Waals surface area contributed by atoms with E-state index in [4.69, 9.17) is 26.4 Å². The number of carbonyl (C=O) groups is 1. The van der Waals surface area contributed by atoms with Crippen molar-refractivity contribution < 1.29 is 19.0 Å². The van der Waals surface area contributed by atoms with Gasteiger partial charge in [0.05, 0.1) is 25.9 Å². The van der Waals surface area contributed by atoms with E-state index in [0.717, 1.165) is 42.2 Å². The number of rotatable bonds is 3. The van der Waals surface area contributed by atoms with Gasteiger partial charge >= 0.3 is 5.97 Å². The molecule has 1 N–H and O–H groups in total. The summed E-state index contributed by atoms with van der Waals surface area (Å²) >= 11 is 7.07. The van der Waals surface area contributed by atoms with Crippen molar-refractivity contribution in [3.63, 3.8) is 0 Å². The zero-order valence-electron chi connectivity index (χ0n) is 13.9. The van der Waals surface area contributed by atoms with Gasteiger partial charge in [-0.05, 0) is 24.7 Å². The molecule has 2 saturated heterocycles. The fourth-order valence-corrected chi connectivity index (χ4v) is 4.32. The quantitative estimate of drug-likeness (QED) is 0.648. The number of aryl methyl sites for hydroxylation is 1. The lowest BCUT2D eigenvalue weighted by molar-refractivity contribution is -0.180. The number of piperidine rings is 1. The largest absolute Gasteiger partial charge is 0.465 e. The first-order valence-corrected chi connectivity index (χ1v) is 9.34. The van der Waals surface area contributed by atoms with Crippen LogP contribution in [0.3, 0.4) is 0 Å². The average Bonchev–Trinajstić information content (AvgIpc) is 3.22. The summed E-state index contributed by atoms with van der Waals surface area (Å²) in [5.41, 5.74) is 0.539. The number of thiophene rings is 1. The summed E-state index contributed by atoms with van der Waals surface area (Å²) in [6.45, 7) is 4.93. The zero-order valence-corrected chi connectivity index (χ0v) is 15.6. The molecule has 1 aromatic heterocycles. The molecule has 2 aliphatic rings. The predicted molar refractivity (Wildman–Crippen MR) is 96.7 cm³/mol. The minimum Gasteiger partial charge on any atom is -0.465 e. The lowest BCUT2D eigenvalue weighted by atomic mass is 10.0. The van der Waals surface area contributed by atoms with Gasteiger partial charge in [0.15, 0.2) is 10.9 Å². The summed E-state index contributed by atoms with van der Waals surface area (Å²) in [6, 6.07) is 1.87. The van der Waals surface area contributed by atoms with Crippen LogP contribution in [0.5, 0.6) is 0 Å². The van der Waals surface area contributed by atoms with Gasteiger partial charge in [-0.2, -0.15) is 0 Å². The minimum absolute atomic E-state index is 0.346. The predicted octanol–water partition coefficient (Wildman–Crippen LogP) is 2.63. The maximum absolute atomic E-state index is 11.9. The Morgan fingerprint density at radius 3 is 2.67 bits per heavy atom. The number of methoxy groups -OCH3 is 1. The highest BCUT2D eigenvalue weighted by atomic mass is 32.1. The van der Waals surface area contributed by atoms with Crippen molar-refractivity contribution in [2.75, 3.05) is 38.7 Å². The molecule has 0 aliphatic carbocycles. The smallest absolute Gasteiger partial charge is 0.340 e. The molecule has 0 unspecified atom stereocenters. The van der Waals surface area contributed by atoms with E-state index in [1.807, 2.05) is 6.07 Å². The Labute approximate surface area is 151 Å². The number of ether oxygens (including phenoxy) is 3. The number of hydrogen-bond acceptors (Lipinski definition) is 6. The van der Waals surface area contributed by atoms with Crippen LogP contribution in [-0.2, 0) is 20.6 Å². The molecule has 3 rings (SSSR count). The van der Waals surface area contributed by atoms with Crippen molar-refractivity contribution in [1.29, 1.82) is 0 Å². The van der Waals surface area contributed by atoms with Crippen molar-refractivity contribution in [1.82, 2.24) is 4.90 Å². The molecule has 0 atom stereocenters. The molecule has 2 fully saturated rings. The molecule has 2 aliphatic heterocycles. The monoisotopic (exact) mass is 370 g/mol. The summed E-state index contributed by atoms with van der Waals surface area (Å²) in [4.78, 5) is 15.2. The second-order valence-electron chi connectivity index (χ2n) is 5.83. The summed E-state index contributed by atoms with van der Waals surface area (Å²) in [5, 5.41) is 4.59. The fourth-order valence-electron chi connectivity index (χ4n) is 2.98. The molecule has 132 valence electrons. The highest BCUT2D eigenvalue weighted by Gasteiger charge is 2.40. The molecule has 24 heavy (non-hydrogen) atoms. The lowest BCUT2D eigenvalue weighted by Crippen LogP contribution is -2.48. The van der Waals surface area contributed by atoms with Gasteiger partial charge in [0.2, 0.25) is 0 Å². The van der Waals surface area contributed by atoms with Crippen LogP contribution in [0.4, 0.5) is 5.00 Å². The molecule has 6 nitrogen and oxygen atoms in total. The molecule has 0 aromatic carbocycles. The maximum Gasteiger partial charge on any atom is 0.340 e. The summed E-state index contributed by atoms with van der Waals surface area (Å²) in [6.07, 6.45) is 2.46. The van der Waals surface area contributed by atoms with E-state index in [1.165, 1.54) is 18.4 Å². The standard InChI is InChI=1S/C16H22N2O4S2/c1-3-11-10-12(14(19)20-2)13(24-11)17-15(23)18-6-4-16(5-7-18)21-8-9-22-16/h10H,3-9H2,1-2H3,(H,17,23). The molecule has 0 radical (unpaired) electrons. The van der Waals surface area contributed by atoms with Crippen LogP contribution in [0.1, 0.15) is 35.0 Å². The number of thiocarbonyl (C=S) groups is 1. The topological polar surface area (TPSA) is 60.0 Å². The molecule has 3 heterocycles. The van der Waals surface area contributed by atoms with Crippen LogP contribution in [-0.4, -0.2) is 55.2 Å². The van der Waals surface area contributed by atoms with E-state index in [1.54, 1.807) is 0 Å². The normalized spacial score (nSPS) is 19.5. The maximum atomic E-state index is 11.9. The number of nitrogens with one attached hydrogen (secondary N) is 1. The third-order valence-electron chi connectivity index (χ3n) is 4.38. The van der Waals surface area contributed by atoms with Crippen LogP contribution in [0.2, 0.25) is 0 Å². The van der Waals surface area contributed by atoms with Gasteiger partial charge in [-0.15, -0.1) is 11.3 Å². The Morgan fingerprint density at radius 2 is 2.08 bits per heavy atom. The Balaban J connectivity index is 1.65. The zero-order chi connectivity index (χ0) is 17.2. The van der Waals surface area contributed by atoms with Gasteiger partial charge in [0.25, 0.3) is 0 Å². The number of likely N-dealkylation sites (tertiary alicyclic amines) is 1. The number of anilines is 1. The van der Waals surface area contributed by atoms with Gasteiger partial charge in [-0.25, -0.2) is 4.79 Å². The van der Waals surface area contributed by atoms with E-state index >= 15 is 0 Å². The molecule has 0 amide bonds. The Morgan fingerprint density at radius 1 is 1.42 bits per heavy atom. The van der Waals surface area contributed by atoms with Crippen molar-refractivity contribution in [3.05, 3.63) is 16.5 Å². The summed E-state index contributed by atoms with van der Waals surface area (Å²) in [7, 11) is 1.39. The molecule has 1 aromatic rings. The van der Waals surface area contributed by atoms with E-state index in [2.05, 4.69) is 17.1 Å². The third-order valence-corrected chi connectivity index (χ3v) is 5.94. The Kier molecular flexibility index (Phi) is 5.39. The van der Waals surface area contributed by atoms with E-state index in [9.17, 15) is 4.79 Å². The molecule has 8 heteroatoms.